The molecule has 0 saturated carbocycles. The van der Waals surface area contributed by atoms with Gasteiger partial charge in [-0.25, -0.2) is 0 Å². The molecule has 5 atom stereocenters. The van der Waals surface area contributed by atoms with Crippen LogP contribution < -0.4 is 4.90 Å². The molecule has 1 nitrogen and oxygen atoms in total. The third-order valence-electron chi connectivity index (χ3n) is 14.0. The van der Waals surface area contributed by atoms with E-state index < -0.39 is 5.41 Å². The van der Waals surface area contributed by atoms with Crippen LogP contribution in [-0.4, -0.2) is 6.04 Å². The third kappa shape index (κ3) is 4.73. The van der Waals surface area contributed by atoms with Crippen molar-refractivity contribution in [3.05, 3.63) is 281 Å². The minimum absolute atomic E-state index is 0.0976. The van der Waals surface area contributed by atoms with Gasteiger partial charge >= 0.3 is 0 Å². The van der Waals surface area contributed by atoms with E-state index in [4.69, 9.17) is 0 Å². The van der Waals surface area contributed by atoms with E-state index in [1.54, 1.807) is 0 Å². The molecule has 280 valence electrons. The van der Waals surface area contributed by atoms with Crippen molar-refractivity contribution in [1.82, 2.24) is 0 Å². The van der Waals surface area contributed by atoms with Crippen LogP contribution in [0.5, 0.6) is 0 Å². The van der Waals surface area contributed by atoms with Gasteiger partial charge in [-0.05, 0) is 85.7 Å². The fourth-order valence-electron chi connectivity index (χ4n) is 11.8. The van der Waals surface area contributed by atoms with Crippen LogP contribution in [0.15, 0.2) is 236 Å². The summed E-state index contributed by atoms with van der Waals surface area (Å²) < 4.78 is 0. The summed E-state index contributed by atoms with van der Waals surface area (Å²) in [6, 6.07) is 64.6. The molecule has 0 N–H and O–H groups in total. The van der Waals surface area contributed by atoms with Gasteiger partial charge in [-0.15, -0.1) is 0 Å². The fraction of sp³-hybridized carbons (Fsp3) is 0.103. The van der Waals surface area contributed by atoms with E-state index in [0.717, 1.165) is 6.42 Å². The molecule has 0 heterocycles. The first-order valence-corrected chi connectivity index (χ1v) is 21.1. The molecule has 0 aromatic heterocycles. The van der Waals surface area contributed by atoms with E-state index in [9.17, 15) is 0 Å². The Labute approximate surface area is 347 Å². The quantitative estimate of drug-likeness (QED) is 0.163. The van der Waals surface area contributed by atoms with Gasteiger partial charge < -0.3 is 4.90 Å². The molecule has 0 aliphatic heterocycles. The zero-order chi connectivity index (χ0) is 39.0. The normalized spacial score (nSPS) is 24.1. The number of allylic oxidation sites excluding steroid dienone is 9. The van der Waals surface area contributed by atoms with Crippen molar-refractivity contribution >= 4 is 27.7 Å². The standard InChI is InChI=1S/C58H43N/c1-3-22-42(23-4-1)57(51-31-13-14-32-52(51)58(43-24-5-2-6-25-43)50-30-12-11-28-48(50)49-29-17-33-53(57)56(49)58)44-36-38-45(39-37-44)59(54-34-15-20-40-18-7-9-26-46(40)54)55-35-16-21-41-19-8-10-27-47(41)55/h1-29,31-39,46,50,54H,30H2. The lowest BCUT2D eigenvalue weighted by Gasteiger charge is -2.51. The van der Waals surface area contributed by atoms with Crippen LogP contribution in [-0.2, 0) is 10.8 Å². The predicted molar refractivity (Wildman–Crippen MR) is 245 cm³/mol. The first kappa shape index (κ1) is 34.1. The van der Waals surface area contributed by atoms with E-state index in [-0.39, 0.29) is 17.4 Å². The molecular weight excluding hydrogens is 711 g/mol. The summed E-state index contributed by atoms with van der Waals surface area (Å²) >= 11 is 0. The highest BCUT2D eigenvalue weighted by Gasteiger charge is 2.60. The molecule has 5 aliphatic carbocycles. The van der Waals surface area contributed by atoms with Crippen LogP contribution in [0.25, 0.3) is 16.3 Å². The molecule has 7 aromatic carbocycles. The van der Waals surface area contributed by atoms with Gasteiger partial charge in [0.25, 0.3) is 0 Å². The van der Waals surface area contributed by atoms with Crippen molar-refractivity contribution in [3.63, 3.8) is 0 Å². The highest BCUT2D eigenvalue weighted by molar-refractivity contribution is 5.97. The minimum atomic E-state index is -0.566. The second-order valence-electron chi connectivity index (χ2n) is 16.6. The van der Waals surface area contributed by atoms with E-state index >= 15 is 0 Å². The molecule has 0 saturated heterocycles. The third-order valence-corrected chi connectivity index (χ3v) is 14.0. The molecule has 0 radical (unpaired) electrons. The topological polar surface area (TPSA) is 3.24 Å². The van der Waals surface area contributed by atoms with Crippen molar-refractivity contribution in [3.8, 4) is 0 Å². The molecule has 1 heteroatoms. The van der Waals surface area contributed by atoms with Crippen LogP contribution >= 0.6 is 0 Å². The molecule has 12 rings (SSSR count). The highest BCUT2D eigenvalue weighted by Crippen LogP contribution is 2.67. The minimum Gasteiger partial charge on any atom is -0.333 e. The summed E-state index contributed by atoms with van der Waals surface area (Å²) in [5, 5.41) is 2.50. The maximum absolute atomic E-state index is 2.58. The maximum atomic E-state index is 2.58. The lowest BCUT2D eigenvalue weighted by atomic mass is 9.50. The summed E-state index contributed by atoms with van der Waals surface area (Å²) in [7, 11) is 0. The van der Waals surface area contributed by atoms with Crippen molar-refractivity contribution in [2.24, 2.45) is 11.8 Å². The molecule has 0 spiro atoms. The van der Waals surface area contributed by atoms with Crippen molar-refractivity contribution in [1.29, 1.82) is 0 Å². The SMILES string of the molecule is C1=CCC2C(=C1)c1cccc3c1C2(c1ccccc1)c1ccccc1C3(c1ccccc1)c1ccc(N(c2cccc3ccccc23)C2C=CC=C3C=CC=CC32)cc1. The predicted octanol–water partition coefficient (Wildman–Crippen LogP) is 13.6. The Hall–Kier alpha value is -6.96. The Morgan fingerprint density at radius 1 is 0.508 bits per heavy atom. The van der Waals surface area contributed by atoms with E-state index in [0.29, 0.717) is 5.92 Å². The second kappa shape index (κ2) is 13.3. The number of hydrogen-bond acceptors (Lipinski definition) is 1. The Morgan fingerprint density at radius 3 is 2.05 bits per heavy atom. The Morgan fingerprint density at radius 2 is 1.20 bits per heavy atom. The lowest BCUT2D eigenvalue weighted by molar-refractivity contribution is 0.454. The number of nitrogens with zero attached hydrogens (tertiary/aromatic N) is 1. The lowest BCUT2D eigenvalue weighted by Crippen LogP contribution is -2.46. The van der Waals surface area contributed by atoms with Gasteiger partial charge in [-0.1, -0.05) is 212 Å². The molecule has 5 unspecified atom stereocenters. The summed E-state index contributed by atoms with van der Waals surface area (Å²) in [6.45, 7) is 0. The fourth-order valence-corrected chi connectivity index (χ4v) is 11.8. The Bertz CT molecular complexity index is 2970. The average Bonchev–Trinajstić information content (AvgIpc) is 3.62. The van der Waals surface area contributed by atoms with Gasteiger partial charge in [0.1, 0.15) is 0 Å². The molecule has 0 amide bonds. The van der Waals surface area contributed by atoms with Crippen molar-refractivity contribution < 1.29 is 0 Å². The van der Waals surface area contributed by atoms with Gasteiger partial charge in [0.15, 0.2) is 0 Å². The van der Waals surface area contributed by atoms with Gasteiger partial charge in [0.2, 0.25) is 0 Å². The van der Waals surface area contributed by atoms with Gasteiger partial charge in [-0.2, -0.15) is 0 Å². The highest BCUT2D eigenvalue weighted by atomic mass is 15.2. The van der Waals surface area contributed by atoms with E-state index in [2.05, 4.69) is 236 Å². The number of hydrogen-bond donors (Lipinski definition) is 0. The molecule has 7 aromatic rings. The van der Waals surface area contributed by atoms with Gasteiger partial charge in [-0.3, -0.25) is 0 Å². The summed E-state index contributed by atoms with van der Waals surface area (Å²) in [6.07, 6.45) is 24.0. The number of rotatable bonds is 6. The second-order valence-corrected chi connectivity index (χ2v) is 16.6. The van der Waals surface area contributed by atoms with Crippen LogP contribution in [0.3, 0.4) is 0 Å². The molecule has 0 fully saturated rings. The number of anilines is 2. The van der Waals surface area contributed by atoms with Crippen LogP contribution in [0, 0.1) is 11.8 Å². The number of benzene rings is 7. The molecule has 5 aliphatic rings. The Balaban J connectivity index is 1.12. The van der Waals surface area contributed by atoms with E-state index in [1.165, 1.54) is 77.8 Å². The monoisotopic (exact) mass is 753 g/mol. The summed E-state index contributed by atoms with van der Waals surface area (Å²) in [5.41, 5.74) is 15.2. The zero-order valence-electron chi connectivity index (χ0n) is 32.8. The van der Waals surface area contributed by atoms with Crippen LogP contribution in [0.1, 0.15) is 50.9 Å². The van der Waals surface area contributed by atoms with Crippen LogP contribution in [0.2, 0.25) is 0 Å². The summed E-state index contributed by atoms with van der Waals surface area (Å²) in [5.74, 6) is 0.527. The first-order valence-electron chi connectivity index (χ1n) is 21.1. The van der Waals surface area contributed by atoms with Gasteiger partial charge in [0.05, 0.1) is 16.9 Å². The molecule has 59 heavy (non-hydrogen) atoms. The van der Waals surface area contributed by atoms with Crippen LogP contribution in [0.4, 0.5) is 11.4 Å². The van der Waals surface area contributed by atoms with Crippen molar-refractivity contribution in [2.45, 2.75) is 23.3 Å². The largest absolute Gasteiger partial charge is 0.333 e. The van der Waals surface area contributed by atoms with E-state index in [1.807, 2.05) is 0 Å². The smallest absolute Gasteiger partial charge is 0.0708 e. The molecule has 0 bridgehead atoms. The van der Waals surface area contributed by atoms with Gasteiger partial charge in [0, 0.05) is 28.6 Å². The first-order chi connectivity index (χ1) is 29.3. The average molecular weight is 754 g/mol. The molecular formula is C58H43N. The maximum Gasteiger partial charge on any atom is 0.0708 e. The summed E-state index contributed by atoms with van der Waals surface area (Å²) in [4.78, 5) is 2.58. The van der Waals surface area contributed by atoms with Crippen molar-refractivity contribution in [2.75, 3.05) is 4.90 Å². The Kier molecular flexibility index (Phi) is 7.69. The zero-order valence-corrected chi connectivity index (χ0v) is 32.8. The number of fused-ring (bicyclic) bond motifs is 7.